The zero-order valence-electron chi connectivity index (χ0n) is 4.29. The molecule has 0 atom stereocenters. The highest BCUT2D eigenvalue weighted by molar-refractivity contribution is 5.68. The van der Waals surface area contributed by atoms with Crippen LogP contribution in [0.15, 0.2) is 24.2 Å². The van der Waals surface area contributed by atoms with Crippen molar-refractivity contribution >= 4 is 6.29 Å². The zero-order chi connectivity index (χ0) is 5.98. The summed E-state index contributed by atoms with van der Waals surface area (Å²) < 4.78 is 4.75. The fraction of sp³-hybridized carbons (Fsp3) is 0. The van der Waals surface area contributed by atoms with E-state index in [1.807, 2.05) is 0 Å². The van der Waals surface area contributed by atoms with E-state index in [9.17, 15) is 0 Å². The van der Waals surface area contributed by atoms with Gasteiger partial charge < -0.3 is 5.11 Å². The summed E-state index contributed by atoms with van der Waals surface area (Å²) in [5, 5.41) is 8.62. The Morgan fingerprint density at radius 3 is 2.88 bits per heavy atom. The molecule has 0 aromatic heterocycles. The van der Waals surface area contributed by atoms with Gasteiger partial charge in [-0.3, -0.25) is 0 Å². The predicted molar refractivity (Wildman–Crippen MR) is 30.2 cm³/mol. The first-order valence-electron chi connectivity index (χ1n) is 2.22. The van der Waals surface area contributed by atoms with Gasteiger partial charge in [0, 0.05) is 0 Å². The van der Waals surface area contributed by atoms with Gasteiger partial charge in [0.1, 0.15) is 0 Å². The van der Waals surface area contributed by atoms with E-state index in [4.69, 9.17) is 9.53 Å². The molecule has 0 unspecified atom stereocenters. The van der Waals surface area contributed by atoms with Crippen LogP contribution >= 0.6 is 0 Å². The molecule has 0 saturated carbocycles. The van der Waals surface area contributed by atoms with Crippen LogP contribution in [0.5, 0.6) is 0 Å². The molecule has 0 spiro atoms. The molecule has 1 heterocycles. The molecular formula is C6H6O2+2. The third kappa shape index (κ3) is 0.729. The molecule has 0 aromatic carbocycles. The number of aldehydes is 1. The predicted octanol–water partition coefficient (Wildman–Crippen LogP) is 0.894. The molecule has 0 aromatic rings. The molecule has 40 valence electrons. The Balaban J connectivity index is 2.72. The van der Waals surface area contributed by atoms with Crippen molar-refractivity contribution in [1.82, 2.24) is 0 Å². The number of hydrogen-bond donors (Lipinski definition) is 1. The Bertz CT molecular complexity index is 165. The second-order valence-corrected chi connectivity index (χ2v) is 1.42. The maximum atomic E-state index is 8.62. The molecule has 0 saturated heterocycles. The molecule has 0 aliphatic carbocycles. The molecule has 0 radical (unpaired) electrons. The summed E-state index contributed by atoms with van der Waals surface area (Å²) in [6.45, 7) is 3.26. The molecule has 1 aliphatic rings. The summed E-state index contributed by atoms with van der Waals surface area (Å²) in [7, 11) is 0. The van der Waals surface area contributed by atoms with Crippen molar-refractivity contribution in [1.29, 1.82) is 0 Å². The van der Waals surface area contributed by atoms with Crippen molar-refractivity contribution in [2.24, 2.45) is 0 Å². The van der Waals surface area contributed by atoms with Crippen LogP contribution in [0.25, 0.3) is 0 Å². The Kier molecular flexibility index (Phi) is 1.08. The van der Waals surface area contributed by atoms with E-state index in [0.29, 0.717) is 5.76 Å². The van der Waals surface area contributed by atoms with Crippen LogP contribution in [0.4, 0.5) is 0 Å². The molecule has 1 rings (SSSR count). The smallest absolute Gasteiger partial charge is 0.486 e. The highest BCUT2D eigenvalue weighted by Gasteiger charge is 2.27. The first-order chi connectivity index (χ1) is 3.80. The van der Waals surface area contributed by atoms with Crippen molar-refractivity contribution in [3.05, 3.63) is 30.6 Å². The van der Waals surface area contributed by atoms with Gasteiger partial charge >= 0.3 is 17.8 Å². The van der Waals surface area contributed by atoms with Crippen LogP contribution in [0.2, 0.25) is 0 Å². The zero-order valence-corrected chi connectivity index (χ0v) is 4.29. The summed E-state index contributed by atoms with van der Waals surface area (Å²) in [6, 6.07) is 0. The van der Waals surface area contributed by atoms with E-state index in [0.717, 1.165) is 0 Å². The number of carbonyl (C=O) groups excluding carboxylic acids is 1. The summed E-state index contributed by atoms with van der Waals surface area (Å²) in [4.78, 5) is 0. The topological polar surface area (TPSA) is 31.5 Å². The quantitative estimate of drug-likeness (QED) is 0.231. The van der Waals surface area contributed by atoms with Gasteiger partial charge in [0.15, 0.2) is 6.42 Å². The number of hydrogen-bond acceptors (Lipinski definition) is 1. The van der Waals surface area contributed by atoms with Crippen LogP contribution in [0.1, 0.15) is 0 Å². The lowest BCUT2D eigenvalue weighted by atomic mass is 10.4. The maximum Gasteiger partial charge on any atom is 0.528 e. The van der Waals surface area contributed by atoms with Gasteiger partial charge in [-0.1, -0.05) is 0 Å². The number of aliphatic hydroxyl groups excluding tert-OH is 1. The summed E-state index contributed by atoms with van der Waals surface area (Å²) in [5.41, 5.74) is 0. The van der Waals surface area contributed by atoms with E-state index in [1.165, 1.54) is 6.29 Å². The van der Waals surface area contributed by atoms with Gasteiger partial charge in [0.05, 0.1) is 0 Å². The fourth-order valence-electron chi connectivity index (χ4n) is 0.443. The molecule has 0 fully saturated rings. The van der Waals surface area contributed by atoms with Gasteiger partial charge in [0.25, 0.3) is 0 Å². The van der Waals surface area contributed by atoms with Crippen molar-refractivity contribution < 1.29 is 9.53 Å². The maximum absolute atomic E-state index is 8.62. The normalized spacial score (nSPS) is 15.2. The summed E-state index contributed by atoms with van der Waals surface area (Å²) in [5.74, 6) is 0.389. The van der Waals surface area contributed by atoms with Crippen LogP contribution in [0, 0.1) is 6.42 Å². The molecule has 0 amide bonds. The lowest BCUT2D eigenvalue weighted by molar-refractivity contribution is -0.386. The lowest BCUT2D eigenvalue weighted by Crippen LogP contribution is -1.81. The average Bonchev–Trinajstić information content (AvgIpc) is 2.12. The summed E-state index contributed by atoms with van der Waals surface area (Å²) >= 11 is 0. The molecule has 1 N–H and O–H groups in total. The summed E-state index contributed by atoms with van der Waals surface area (Å²) in [6.07, 6.45) is 4.82. The number of rotatable bonds is 1. The monoisotopic (exact) mass is 110 g/mol. The van der Waals surface area contributed by atoms with Gasteiger partial charge in [-0.15, -0.1) is 4.42 Å². The van der Waals surface area contributed by atoms with Crippen molar-refractivity contribution in [2.75, 3.05) is 0 Å². The standard InChI is InChI=1S/C6H5O2/c1-5(7)6-3-2-4-8-6/h2-4H,1H2/q+1/p+1. The van der Waals surface area contributed by atoms with Gasteiger partial charge in [-0.2, -0.15) is 0 Å². The highest BCUT2D eigenvalue weighted by atomic mass is 16.4. The Morgan fingerprint density at radius 2 is 2.62 bits per heavy atom. The van der Waals surface area contributed by atoms with Crippen molar-refractivity contribution in [3.8, 4) is 0 Å². The van der Waals surface area contributed by atoms with E-state index < -0.39 is 0 Å². The minimum absolute atomic E-state index is 0.0324. The average molecular weight is 110 g/mol. The Hall–Kier alpha value is -1.18. The molecule has 0 bridgehead atoms. The minimum Gasteiger partial charge on any atom is -0.486 e. The third-order valence-corrected chi connectivity index (χ3v) is 0.806. The highest BCUT2D eigenvalue weighted by Crippen LogP contribution is 2.05. The molecular weight excluding hydrogens is 104 g/mol. The van der Waals surface area contributed by atoms with E-state index in [-0.39, 0.29) is 5.76 Å². The van der Waals surface area contributed by atoms with Crippen molar-refractivity contribution in [2.45, 2.75) is 0 Å². The van der Waals surface area contributed by atoms with Crippen LogP contribution in [0.3, 0.4) is 0 Å². The van der Waals surface area contributed by atoms with Crippen LogP contribution in [-0.2, 0) is 4.42 Å². The first kappa shape index (κ1) is 4.97. The SMILES string of the molecule is C=C(O)C1=C[CH+]C=[O+]1. The second-order valence-electron chi connectivity index (χ2n) is 1.42. The molecule has 8 heavy (non-hydrogen) atoms. The molecule has 1 aliphatic heterocycles. The van der Waals surface area contributed by atoms with E-state index >= 15 is 0 Å². The van der Waals surface area contributed by atoms with Gasteiger partial charge in [0.2, 0.25) is 6.08 Å². The minimum atomic E-state index is -0.0324. The van der Waals surface area contributed by atoms with Crippen molar-refractivity contribution in [3.63, 3.8) is 0 Å². The Labute approximate surface area is 47.5 Å². The third-order valence-electron chi connectivity index (χ3n) is 0.806. The fourth-order valence-corrected chi connectivity index (χ4v) is 0.443. The Morgan fingerprint density at radius 1 is 1.88 bits per heavy atom. The number of allylic oxidation sites excluding steroid dienone is 1. The van der Waals surface area contributed by atoms with Gasteiger partial charge in [-0.05, 0) is 6.58 Å². The second kappa shape index (κ2) is 1.74. The first-order valence-corrected chi connectivity index (χ1v) is 2.22. The molecule has 2 nitrogen and oxygen atoms in total. The lowest BCUT2D eigenvalue weighted by Gasteiger charge is -1.68. The van der Waals surface area contributed by atoms with Crippen LogP contribution in [-0.4, -0.2) is 11.4 Å². The molecule has 2 heteroatoms. The number of aliphatic hydroxyl groups is 1. The largest absolute Gasteiger partial charge is 0.528 e. The van der Waals surface area contributed by atoms with E-state index in [1.54, 1.807) is 12.5 Å². The van der Waals surface area contributed by atoms with E-state index in [2.05, 4.69) is 6.58 Å². The van der Waals surface area contributed by atoms with Gasteiger partial charge in [-0.25, -0.2) is 0 Å². The van der Waals surface area contributed by atoms with Crippen LogP contribution < -0.4 is 0 Å².